The zero-order valence-electron chi connectivity index (χ0n) is 16.4. The standard InChI is InChI=1S/C23H24N2O3S/c1-3-29(27,28)25(2)21-16-14-20(15-17-21)23(26)24-22(18-10-6-4-7-11-18)19-12-8-5-9-13-19/h4-17,22H,3H2,1-2H3,(H,24,26). The SMILES string of the molecule is CCS(=O)(=O)N(C)c1ccc(C(=O)NC(c2ccccc2)c2ccccc2)cc1. The third kappa shape index (κ3) is 4.84. The highest BCUT2D eigenvalue weighted by Crippen LogP contribution is 2.23. The van der Waals surface area contributed by atoms with Crippen molar-refractivity contribution in [3.05, 3.63) is 102 Å². The van der Waals surface area contributed by atoms with E-state index in [4.69, 9.17) is 0 Å². The molecule has 0 aliphatic carbocycles. The zero-order valence-corrected chi connectivity index (χ0v) is 17.3. The van der Waals surface area contributed by atoms with Gasteiger partial charge in [-0.3, -0.25) is 9.10 Å². The van der Waals surface area contributed by atoms with Crippen LogP contribution in [0.2, 0.25) is 0 Å². The molecule has 0 heterocycles. The highest BCUT2D eigenvalue weighted by molar-refractivity contribution is 7.92. The van der Waals surface area contributed by atoms with Crippen molar-refractivity contribution < 1.29 is 13.2 Å². The Morgan fingerprint density at radius 3 is 1.79 bits per heavy atom. The molecule has 0 fully saturated rings. The van der Waals surface area contributed by atoms with Gasteiger partial charge in [0.05, 0.1) is 17.5 Å². The summed E-state index contributed by atoms with van der Waals surface area (Å²) in [5.74, 6) is -0.211. The molecule has 0 aromatic heterocycles. The van der Waals surface area contributed by atoms with Gasteiger partial charge in [-0.25, -0.2) is 8.42 Å². The van der Waals surface area contributed by atoms with Crippen LogP contribution in [0, 0.1) is 0 Å². The summed E-state index contributed by atoms with van der Waals surface area (Å²) in [7, 11) is -1.83. The number of carbonyl (C=O) groups is 1. The van der Waals surface area contributed by atoms with Crippen molar-refractivity contribution in [1.82, 2.24) is 5.32 Å². The van der Waals surface area contributed by atoms with Crippen LogP contribution in [0.4, 0.5) is 5.69 Å². The Kier molecular flexibility index (Phi) is 6.34. The molecular weight excluding hydrogens is 384 g/mol. The third-order valence-electron chi connectivity index (χ3n) is 4.82. The largest absolute Gasteiger partial charge is 0.341 e. The summed E-state index contributed by atoms with van der Waals surface area (Å²) in [6.45, 7) is 1.60. The number of nitrogens with one attached hydrogen (secondary N) is 1. The molecule has 1 amide bonds. The van der Waals surface area contributed by atoms with Gasteiger partial charge >= 0.3 is 0 Å². The Morgan fingerprint density at radius 2 is 1.34 bits per heavy atom. The van der Waals surface area contributed by atoms with E-state index in [1.807, 2.05) is 60.7 Å². The monoisotopic (exact) mass is 408 g/mol. The van der Waals surface area contributed by atoms with E-state index in [0.29, 0.717) is 11.3 Å². The Hall–Kier alpha value is -3.12. The molecule has 0 unspecified atom stereocenters. The number of anilines is 1. The average Bonchev–Trinajstić information content (AvgIpc) is 2.78. The predicted molar refractivity (Wildman–Crippen MR) is 116 cm³/mol. The van der Waals surface area contributed by atoms with Crippen LogP contribution < -0.4 is 9.62 Å². The van der Waals surface area contributed by atoms with Gasteiger partial charge in [0.2, 0.25) is 10.0 Å². The van der Waals surface area contributed by atoms with Gasteiger partial charge in [-0.05, 0) is 42.3 Å². The molecule has 0 aliphatic rings. The second-order valence-electron chi connectivity index (χ2n) is 6.64. The van der Waals surface area contributed by atoms with Crippen LogP contribution in [0.1, 0.15) is 34.5 Å². The van der Waals surface area contributed by atoms with E-state index in [1.165, 1.54) is 11.4 Å². The number of hydrogen-bond acceptors (Lipinski definition) is 3. The Bertz CT molecular complexity index is 1010. The molecular formula is C23H24N2O3S. The van der Waals surface area contributed by atoms with Crippen molar-refractivity contribution in [3.63, 3.8) is 0 Å². The van der Waals surface area contributed by atoms with Crippen LogP contribution >= 0.6 is 0 Å². The lowest BCUT2D eigenvalue weighted by atomic mass is 9.98. The van der Waals surface area contributed by atoms with E-state index in [9.17, 15) is 13.2 Å². The number of sulfonamides is 1. The zero-order chi connectivity index (χ0) is 20.9. The maximum Gasteiger partial charge on any atom is 0.252 e. The minimum Gasteiger partial charge on any atom is -0.341 e. The smallest absolute Gasteiger partial charge is 0.252 e. The number of rotatable bonds is 7. The van der Waals surface area contributed by atoms with Crippen molar-refractivity contribution >= 4 is 21.6 Å². The topological polar surface area (TPSA) is 66.5 Å². The third-order valence-corrected chi connectivity index (χ3v) is 6.59. The second kappa shape index (κ2) is 8.92. The van der Waals surface area contributed by atoms with Gasteiger partial charge in [-0.15, -0.1) is 0 Å². The Balaban J connectivity index is 1.83. The van der Waals surface area contributed by atoms with Crippen LogP contribution in [0.5, 0.6) is 0 Å². The fourth-order valence-electron chi connectivity index (χ4n) is 3.04. The lowest BCUT2D eigenvalue weighted by molar-refractivity contribution is 0.0943. The lowest BCUT2D eigenvalue weighted by Gasteiger charge is -2.21. The molecule has 5 nitrogen and oxygen atoms in total. The maximum atomic E-state index is 12.9. The minimum absolute atomic E-state index is 0.0154. The highest BCUT2D eigenvalue weighted by Gasteiger charge is 2.19. The summed E-state index contributed by atoms with van der Waals surface area (Å²) in [6.07, 6.45) is 0. The summed E-state index contributed by atoms with van der Waals surface area (Å²) >= 11 is 0. The van der Waals surface area contributed by atoms with Gasteiger partial charge in [-0.1, -0.05) is 60.7 Å². The summed E-state index contributed by atoms with van der Waals surface area (Å²) in [5, 5.41) is 3.09. The van der Waals surface area contributed by atoms with Gasteiger partial charge in [0, 0.05) is 12.6 Å². The number of benzene rings is 3. The Labute approximate surface area is 172 Å². The van der Waals surface area contributed by atoms with Gasteiger partial charge in [0.1, 0.15) is 0 Å². The van der Waals surface area contributed by atoms with Crippen LogP contribution in [0.3, 0.4) is 0 Å². The van der Waals surface area contributed by atoms with Crippen molar-refractivity contribution in [2.75, 3.05) is 17.1 Å². The minimum atomic E-state index is -3.34. The summed E-state index contributed by atoms with van der Waals surface area (Å²) in [5.41, 5.74) is 2.95. The van der Waals surface area contributed by atoms with Gasteiger partial charge < -0.3 is 5.32 Å². The molecule has 6 heteroatoms. The van der Waals surface area contributed by atoms with Gasteiger partial charge in [0.25, 0.3) is 5.91 Å². The first-order valence-electron chi connectivity index (χ1n) is 9.40. The molecule has 0 saturated heterocycles. The van der Waals surface area contributed by atoms with E-state index in [2.05, 4.69) is 5.32 Å². The summed E-state index contributed by atoms with van der Waals surface area (Å²) < 4.78 is 25.3. The number of carbonyl (C=O) groups excluding carboxylic acids is 1. The fourth-order valence-corrected chi connectivity index (χ4v) is 3.87. The van der Waals surface area contributed by atoms with Crippen molar-refractivity contribution in [2.45, 2.75) is 13.0 Å². The van der Waals surface area contributed by atoms with Crippen molar-refractivity contribution in [3.8, 4) is 0 Å². The Morgan fingerprint density at radius 1 is 0.862 bits per heavy atom. The molecule has 0 saturated carbocycles. The number of nitrogens with zero attached hydrogens (tertiary/aromatic N) is 1. The number of amides is 1. The molecule has 1 N–H and O–H groups in total. The predicted octanol–water partition coefficient (Wildman–Crippen LogP) is 3.99. The van der Waals surface area contributed by atoms with E-state index < -0.39 is 10.0 Å². The van der Waals surface area contributed by atoms with E-state index >= 15 is 0 Å². The van der Waals surface area contributed by atoms with E-state index in [1.54, 1.807) is 31.2 Å². The highest BCUT2D eigenvalue weighted by atomic mass is 32.2. The van der Waals surface area contributed by atoms with E-state index in [-0.39, 0.29) is 17.7 Å². The van der Waals surface area contributed by atoms with Gasteiger partial charge in [-0.2, -0.15) is 0 Å². The second-order valence-corrected chi connectivity index (χ2v) is 8.93. The average molecular weight is 409 g/mol. The first-order chi connectivity index (χ1) is 13.9. The maximum absolute atomic E-state index is 12.9. The molecule has 3 aromatic carbocycles. The fraction of sp³-hybridized carbons (Fsp3) is 0.174. The van der Waals surface area contributed by atoms with Crippen LogP contribution in [-0.4, -0.2) is 27.1 Å². The molecule has 0 atom stereocenters. The first kappa shape index (κ1) is 20.6. The van der Waals surface area contributed by atoms with Crippen molar-refractivity contribution in [1.29, 1.82) is 0 Å². The van der Waals surface area contributed by atoms with Gasteiger partial charge in [0.15, 0.2) is 0 Å². The number of hydrogen-bond donors (Lipinski definition) is 1. The molecule has 29 heavy (non-hydrogen) atoms. The molecule has 0 radical (unpaired) electrons. The first-order valence-corrected chi connectivity index (χ1v) is 11.0. The van der Waals surface area contributed by atoms with Crippen molar-refractivity contribution in [2.24, 2.45) is 0 Å². The van der Waals surface area contributed by atoms with Crippen LogP contribution in [0.25, 0.3) is 0 Å². The molecule has 3 rings (SSSR count). The summed E-state index contributed by atoms with van der Waals surface area (Å²) in [6, 6.07) is 25.8. The lowest BCUT2D eigenvalue weighted by Crippen LogP contribution is -2.30. The van der Waals surface area contributed by atoms with Crippen LogP contribution in [0.15, 0.2) is 84.9 Å². The van der Waals surface area contributed by atoms with E-state index in [0.717, 1.165) is 11.1 Å². The molecule has 3 aromatic rings. The van der Waals surface area contributed by atoms with Crippen LogP contribution in [-0.2, 0) is 10.0 Å². The normalized spacial score (nSPS) is 11.3. The molecule has 0 aliphatic heterocycles. The molecule has 0 spiro atoms. The molecule has 150 valence electrons. The summed E-state index contributed by atoms with van der Waals surface area (Å²) in [4.78, 5) is 12.9. The quantitative estimate of drug-likeness (QED) is 0.643. The molecule has 0 bridgehead atoms.